The van der Waals surface area contributed by atoms with E-state index in [4.69, 9.17) is 5.11 Å². The number of carbonyl (C=O) groups is 2. The number of aliphatic hydroxyl groups excluding tert-OH is 1. The Kier molecular flexibility index (Phi) is 5.45. The summed E-state index contributed by atoms with van der Waals surface area (Å²) in [7, 11) is 0. The van der Waals surface area contributed by atoms with Crippen molar-refractivity contribution < 1.29 is 14.7 Å². The molecule has 3 amide bonds. The van der Waals surface area contributed by atoms with E-state index < -0.39 is 0 Å². The second-order valence-electron chi connectivity index (χ2n) is 6.35. The van der Waals surface area contributed by atoms with Gasteiger partial charge in [0.25, 0.3) is 0 Å². The molecule has 120 valence electrons. The van der Waals surface area contributed by atoms with Crippen molar-refractivity contribution in [3.63, 3.8) is 0 Å². The predicted octanol–water partition coefficient (Wildman–Crippen LogP) is 0.942. The molecule has 21 heavy (non-hydrogen) atoms. The Morgan fingerprint density at radius 3 is 2.81 bits per heavy atom. The van der Waals surface area contributed by atoms with Crippen LogP contribution in [0.5, 0.6) is 0 Å². The van der Waals surface area contributed by atoms with Crippen molar-refractivity contribution in [1.29, 1.82) is 0 Å². The molecule has 2 rings (SSSR count). The van der Waals surface area contributed by atoms with Crippen LogP contribution in [0.15, 0.2) is 0 Å². The lowest BCUT2D eigenvalue weighted by atomic mass is 10.00. The van der Waals surface area contributed by atoms with Crippen LogP contribution in [0.25, 0.3) is 0 Å². The lowest BCUT2D eigenvalue weighted by molar-refractivity contribution is -0.129. The number of hydrogen-bond acceptors (Lipinski definition) is 3. The van der Waals surface area contributed by atoms with E-state index >= 15 is 0 Å². The van der Waals surface area contributed by atoms with E-state index in [0.717, 1.165) is 25.8 Å². The fourth-order valence-electron chi connectivity index (χ4n) is 3.30. The third-order valence-electron chi connectivity index (χ3n) is 4.46. The summed E-state index contributed by atoms with van der Waals surface area (Å²) in [5.41, 5.74) is 0. The Labute approximate surface area is 126 Å². The number of likely N-dealkylation sites (tertiary alicyclic amines) is 2. The van der Waals surface area contributed by atoms with Gasteiger partial charge in [-0.1, -0.05) is 0 Å². The van der Waals surface area contributed by atoms with Gasteiger partial charge in [0.1, 0.15) is 0 Å². The second-order valence-corrected chi connectivity index (χ2v) is 6.35. The zero-order valence-electron chi connectivity index (χ0n) is 13.0. The van der Waals surface area contributed by atoms with Crippen LogP contribution in [-0.4, -0.2) is 64.7 Å². The van der Waals surface area contributed by atoms with E-state index in [1.165, 1.54) is 0 Å². The van der Waals surface area contributed by atoms with Gasteiger partial charge in [-0.25, -0.2) is 4.79 Å². The average Bonchev–Trinajstić information content (AvgIpc) is 2.80. The van der Waals surface area contributed by atoms with Crippen molar-refractivity contribution in [1.82, 2.24) is 15.1 Å². The van der Waals surface area contributed by atoms with Crippen molar-refractivity contribution in [2.24, 2.45) is 0 Å². The standard InChI is InChI=1S/C15H27N3O3/c1-11(2)18-10-12(9-14(18)20)16-15(21)17-7-4-3-5-13(17)6-8-19/h11-13,19H,3-10H2,1-2H3,(H,16,21). The van der Waals surface area contributed by atoms with Gasteiger partial charge in [-0.05, 0) is 39.5 Å². The molecular weight excluding hydrogens is 270 g/mol. The molecule has 0 aliphatic carbocycles. The van der Waals surface area contributed by atoms with Crippen molar-refractivity contribution in [2.45, 2.75) is 64.1 Å². The highest BCUT2D eigenvalue weighted by Crippen LogP contribution is 2.20. The molecule has 2 fully saturated rings. The fraction of sp³-hybridized carbons (Fsp3) is 0.867. The Balaban J connectivity index is 1.90. The van der Waals surface area contributed by atoms with Crippen LogP contribution in [0.3, 0.4) is 0 Å². The topological polar surface area (TPSA) is 72.9 Å². The third kappa shape index (κ3) is 3.87. The maximum Gasteiger partial charge on any atom is 0.317 e. The van der Waals surface area contributed by atoms with Crippen LogP contribution in [0.4, 0.5) is 4.79 Å². The van der Waals surface area contributed by atoms with Gasteiger partial charge in [0.05, 0.1) is 6.04 Å². The number of rotatable bonds is 4. The lowest BCUT2D eigenvalue weighted by Gasteiger charge is -2.36. The summed E-state index contributed by atoms with van der Waals surface area (Å²) in [6.07, 6.45) is 4.10. The highest BCUT2D eigenvalue weighted by molar-refractivity contribution is 5.82. The van der Waals surface area contributed by atoms with Crippen LogP contribution in [0.1, 0.15) is 46.0 Å². The molecule has 0 aromatic carbocycles. The van der Waals surface area contributed by atoms with Crippen LogP contribution in [0.2, 0.25) is 0 Å². The predicted molar refractivity (Wildman–Crippen MR) is 79.8 cm³/mol. The van der Waals surface area contributed by atoms with Gasteiger partial charge >= 0.3 is 6.03 Å². The van der Waals surface area contributed by atoms with Crippen LogP contribution < -0.4 is 5.32 Å². The molecule has 0 aromatic heterocycles. The lowest BCUT2D eigenvalue weighted by Crippen LogP contribution is -2.52. The summed E-state index contributed by atoms with van der Waals surface area (Å²) in [4.78, 5) is 28.0. The molecule has 2 aliphatic rings. The van der Waals surface area contributed by atoms with Gasteiger partial charge < -0.3 is 20.2 Å². The molecule has 2 saturated heterocycles. The van der Waals surface area contributed by atoms with Crippen molar-refractivity contribution in [3.05, 3.63) is 0 Å². The maximum atomic E-state index is 12.4. The molecule has 2 N–H and O–H groups in total. The smallest absolute Gasteiger partial charge is 0.317 e. The van der Waals surface area contributed by atoms with Gasteiger partial charge in [-0.15, -0.1) is 0 Å². The van der Waals surface area contributed by atoms with Crippen LogP contribution in [0, 0.1) is 0 Å². The number of urea groups is 1. The highest BCUT2D eigenvalue weighted by Gasteiger charge is 2.34. The second kappa shape index (κ2) is 7.11. The van der Waals surface area contributed by atoms with Crippen LogP contribution >= 0.6 is 0 Å². The van der Waals surface area contributed by atoms with Crippen LogP contribution in [-0.2, 0) is 4.79 Å². The average molecular weight is 297 g/mol. The quantitative estimate of drug-likeness (QED) is 0.811. The van der Waals surface area contributed by atoms with Gasteiger partial charge in [0, 0.05) is 38.2 Å². The summed E-state index contributed by atoms with van der Waals surface area (Å²) in [5, 5.41) is 12.1. The monoisotopic (exact) mass is 297 g/mol. The number of aliphatic hydroxyl groups is 1. The number of carbonyl (C=O) groups excluding carboxylic acids is 2. The molecule has 0 spiro atoms. The maximum absolute atomic E-state index is 12.4. The first kappa shape index (κ1) is 16.1. The normalized spacial score (nSPS) is 26.6. The first-order valence-corrected chi connectivity index (χ1v) is 8.00. The zero-order valence-corrected chi connectivity index (χ0v) is 13.0. The van der Waals surface area contributed by atoms with E-state index in [9.17, 15) is 9.59 Å². The van der Waals surface area contributed by atoms with E-state index in [1.54, 1.807) is 0 Å². The molecule has 6 nitrogen and oxygen atoms in total. The Morgan fingerprint density at radius 2 is 2.19 bits per heavy atom. The third-order valence-corrected chi connectivity index (χ3v) is 4.46. The highest BCUT2D eigenvalue weighted by atomic mass is 16.3. The first-order chi connectivity index (χ1) is 10.0. The molecule has 2 heterocycles. The summed E-state index contributed by atoms with van der Waals surface area (Å²) in [6.45, 7) is 5.43. The Hall–Kier alpha value is -1.30. The van der Waals surface area contributed by atoms with E-state index in [-0.39, 0.29) is 36.7 Å². The minimum Gasteiger partial charge on any atom is -0.396 e. The van der Waals surface area contributed by atoms with Gasteiger partial charge in [-0.2, -0.15) is 0 Å². The molecule has 0 saturated carbocycles. The minimum absolute atomic E-state index is 0.0865. The van der Waals surface area contributed by atoms with Crippen molar-refractivity contribution in [2.75, 3.05) is 19.7 Å². The molecule has 2 unspecified atom stereocenters. The van der Waals surface area contributed by atoms with E-state index in [0.29, 0.717) is 19.4 Å². The molecule has 6 heteroatoms. The Bertz CT molecular complexity index is 384. The van der Waals surface area contributed by atoms with E-state index in [2.05, 4.69) is 5.32 Å². The Morgan fingerprint density at radius 1 is 1.43 bits per heavy atom. The molecule has 0 aromatic rings. The largest absolute Gasteiger partial charge is 0.396 e. The summed E-state index contributed by atoms with van der Waals surface area (Å²) in [6, 6.07) is 0.124. The molecule has 0 bridgehead atoms. The number of hydrogen-bond donors (Lipinski definition) is 2. The van der Waals surface area contributed by atoms with Gasteiger partial charge in [0.15, 0.2) is 0 Å². The molecule has 2 atom stereocenters. The summed E-state index contributed by atoms with van der Waals surface area (Å²) in [5.74, 6) is 0.112. The number of piperidine rings is 1. The van der Waals surface area contributed by atoms with E-state index in [1.807, 2.05) is 23.6 Å². The minimum atomic E-state index is -0.0934. The first-order valence-electron chi connectivity index (χ1n) is 8.00. The SMILES string of the molecule is CC(C)N1CC(NC(=O)N2CCCCC2CCO)CC1=O. The van der Waals surface area contributed by atoms with Crippen molar-refractivity contribution >= 4 is 11.9 Å². The molecule has 2 aliphatic heterocycles. The fourth-order valence-corrected chi connectivity index (χ4v) is 3.30. The molecule has 0 radical (unpaired) electrons. The summed E-state index contributed by atoms with van der Waals surface area (Å²) < 4.78 is 0. The zero-order chi connectivity index (χ0) is 15.4. The number of nitrogens with one attached hydrogen (secondary N) is 1. The summed E-state index contributed by atoms with van der Waals surface area (Å²) >= 11 is 0. The number of amides is 3. The van der Waals surface area contributed by atoms with Gasteiger partial charge in [0.2, 0.25) is 5.91 Å². The van der Waals surface area contributed by atoms with Crippen molar-refractivity contribution in [3.8, 4) is 0 Å². The molecular formula is C15H27N3O3. The number of nitrogens with zero attached hydrogens (tertiary/aromatic N) is 2. The van der Waals surface area contributed by atoms with Gasteiger partial charge in [-0.3, -0.25) is 4.79 Å².